The molecule has 0 aliphatic carbocycles. The molecule has 1 aromatic carbocycles. The van der Waals surface area contributed by atoms with Crippen LogP contribution in [-0.4, -0.2) is 13.1 Å². The lowest BCUT2D eigenvalue weighted by Crippen LogP contribution is -2.16. The zero-order valence-electron chi connectivity index (χ0n) is 8.47. The van der Waals surface area contributed by atoms with Crippen molar-refractivity contribution in [2.75, 3.05) is 7.11 Å². The summed E-state index contributed by atoms with van der Waals surface area (Å²) < 4.78 is 30.4. The smallest absolute Gasteiger partial charge is 0.307 e. The van der Waals surface area contributed by atoms with Crippen molar-refractivity contribution in [3.63, 3.8) is 0 Å². The molecule has 88 valence electrons. The lowest BCUT2D eigenvalue weighted by atomic mass is 10.0. The van der Waals surface area contributed by atoms with Gasteiger partial charge in [0.15, 0.2) is 11.6 Å². The molecule has 1 rings (SSSR count). The summed E-state index contributed by atoms with van der Waals surface area (Å²) in [5.74, 6) is -2.49. The van der Waals surface area contributed by atoms with Crippen LogP contribution in [0.5, 0.6) is 0 Å². The van der Waals surface area contributed by atoms with Crippen LogP contribution in [0.3, 0.4) is 0 Å². The minimum Gasteiger partial charge on any atom is -0.469 e. The Morgan fingerprint density at radius 3 is 2.69 bits per heavy atom. The van der Waals surface area contributed by atoms with Gasteiger partial charge < -0.3 is 10.5 Å². The van der Waals surface area contributed by atoms with E-state index >= 15 is 0 Å². The highest BCUT2D eigenvalue weighted by Gasteiger charge is 2.16. The Kier molecular flexibility index (Phi) is 4.37. The van der Waals surface area contributed by atoms with E-state index in [1.54, 1.807) is 0 Å². The van der Waals surface area contributed by atoms with Crippen LogP contribution in [-0.2, 0) is 9.53 Å². The summed E-state index contributed by atoms with van der Waals surface area (Å²) in [5, 5.41) is 0. The summed E-state index contributed by atoms with van der Waals surface area (Å²) in [6.45, 7) is 0. The highest BCUT2D eigenvalue weighted by atomic mass is 79.9. The maximum absolute atomic E-state index is 13.0. The lowest BCUT2D eigenvalue weighted by Gasteiger charge is -2.11. The summed E-state index contributed by atoms with van der Waals surface area (Å²) in [5.41, 5.74) is 5.98. The van der Waals surface area contributed by atoms with Crippen molar-refractivity contribution in [2.24, 2.45) is 5.73 Å². The van der Waals surface area contributed by atoms with Gasteiger partial charge in [-0.25, -0.2) is 8.78 Å². The normalized spacial score (nSPS) is 12.3. The Hall–Kier alpha value is -1.01. The van der Waals surface area contributed by atoms with E-state index in [1.807, 2.05) is 0 Å². The van der Waals surface area contributed by atoms with E-state index in [4.69, 9.17) is 5.73 Å². The number of methoxy groups -OCH3 is 1. The molecule has 0 fully saturated rings. The second-order valence-electron chi connectivity index (χ2n) is 3.19. The minimum absolute atomic E-state index is 0.0252. The van der Waals surface area contributed by atoms with Gasteiger partial charge in [-0.2, -0.15) is 0 Å². The van der Waals surface area contributed by atoms with Crippen molar-refractivity contribution in [3.8, 4) is 0 Å². The lowest BCUT2D eigenvalue weighted by molar-refractivity contribution is -0.141. The molecular weight excluding hydrogens is 284 g/mol. The Morgan fingerprint density at radius 1 is 1.56 bits per heavy atom. The Bertz CT molecular complexity index is 389. The first-order valence-corrected chi connectivity index (χ1v) is 5.21. The van der Waals surface area contributed by atoms with Gasteiger partial charge in [-0.1, -0.05) is 0 Å². The van der Waals surface area contributed by atoms with E-state index < -0.39 is 23.6 Å². The van der Waals surface area contributed by atoms with Crippen LogP contribution in [0.2, 0.25) is 0 Å². The third kappa shape index (κ3) is 2.99. The first kappa shape index (κ1) is 13.1. The molecule has 0 amide bonds. The molecule has 1 atom stereocenters. The number of halogens is 3. The summed E-state index contributed by atoms with van der Waals surface area (Å²) in [6.07, 6.45) is -0.0893. The number of benzene rings is 1. The van der Waals surface area contributed by atoms with Gasteiger partial charge in [-0.15, -0.1) is 0 Å². The summed E-state index contributed by atoms with van der Waals surface area (Å²) in [6, 6.07) is 1.58. The van der Waals surface area contributed by atoms with E-state index in [2.05, 4.69) is 20.7 Å². The molecule has 3 nitrogen and oxygen atoms in total. The van der Waals surface area contributed by atoms with E-state index in [0.29, 0.717) is 5.56 Å². The van der Waals surface area contributed by atoms with Gasteiger partial charge in [0.05, 0.1) is 18.0 Å². The SMILES string of the molecule is COC(=O)CC(N)c1cc(F)c(F)c(Br)c1. The highest BCUT2D eigenvalue weighted by Crippen LogP contribution is 2.24. The molecule has 0 aromatic heterocycles. The molecule has 16 heavy (non-hydrogen) atoms. The number of hydrogen-bond donors (Lipinski definition) is 1. The van der Waals surface area contributed by atoms with E-state index in [-0.39, 0.29) is 10.9 Å². The standard InChI is InChI=1S/C10H10BrF2NO2/c1-16-9(15)4-8(14)5-2-6(11)10(13)7(12)3-5/h2-3,8H,4,14H2,1H3. The van der Waals surface area contributed by atoms with Gasteiger partial charge in [0.1, 0.15) is 0 Å². The summed E-state index contributed by atoms with van der Waals surface area (Å²) in [7, 11) is 1.23. The first-order chi connectivity index (χ1) is 7.45. The molecule has 0 radical (unpaired) electrons. The zero-order valence-corrected chi connectivity index (χ0v) is 10.1. The number of ether oxygens (including phenoxy) is 1. The molecule has 0 heterocycles. The van der Waals surface area contributed by atoms with Gasteiger partial charge in [0, 0.05) is 6.04 Å². The molecule has 0 saturated carbocycles. The van der Waals surface area contributed by atoms with Crippen molar-refractivity contribution in [3.05, 3.63) is 33.8 Å². The summed E-state index contributed by atoms with van der Waals surface area (Å²) in [4.78, 5) is 11.0. The van der Waals surface area contributed by atoms with Crippen LogP contribution < -0.4 is 5.73 Å². The van der Waals surface area contributed by atoms with Crippen molar-refractivity contribution in [2.45, 2.75) is 12.5 Å². The average molecular weight is 294 g/mol. The summed E-state index contributed by atoms with van der Waals surface area (Å²) >= 11 is 2.86. The predicted molar refractivity (Wildman–Crippen MR) is 57.6 cm³/mol. The van der Waals surface area contributed by atoms with Gasteiger partial charge in [-0.05, 0) is 33.6 Å². The van der Waals surface area contributed by atoms with Crippen molar-refractivity contribution >= 4 is 21.9 Å². The van der Waals surface area contributed by atoms with Gasteiger partial charge in [0.2, 0.25) is 0 Å². The predicted octanol–water partition coefficient (Wildman–Crippen LogP) is 2.29. The molecule has 1 aromatic rings. The molecule has 0 spiro atoms. The number of esters is 1. The molecule has 0 bridgehead atoms. The Balaban J connectivity index is 2.92. The van der Waals surface area contributed by atoms with Crippen LogP contribution in [0.1, 0.15) is 18.0 Å². The third-order valence-electron chi connectivity index (χ3n) is 2.05. The topological polar surface area (TPSA) is 52.3 Å². The van der Waals surface area contributed by atoms with Crippen LogP contribution in [0.15, 0.2) is 16.6 Å². The fraction of sp³-hybridized carbons (Fsp3) is 0.300. The van der Waals surface area contributed by atoms with E-state index in [9.17, 15) is 13.6 Å². The third-order valence-corrected chi connectivity index (χ3v) is 2.63. The fourth-order valence-electron chi connectivity index (χ4n) is 1.17. The Labute approximate surface area is 99.7 Å². The van der Waals surface area contributed by atoms with Crippen molar-refractivity contribution in [1.82, 2.24) is 0 Å². The highest BCUT2D eigenvalue weighted by molar-refractivity contribution is 9.10. The number of hydrogen-bond acceptors (Lipinski definition) is 3. The fourth-order valence-corrected chi connectivity index (χ4v) is 1.62. The number of carbonyl (C=O) groups is 1. The second-order valence-corrected chi connectivity index (χ2v) is 4.04. The average Bonchev–Trinajstić information content (AvgIpc) is 2.24. The molecule has 0 saturated heterocycles. The monoisotopic (exact) mass is 293 g/mol. The minimum atomic E-state index is -1.01. The van der Waals surface area contributed by atoms with Crippen LogP contribution in [0.25, 0.3) is 0 Å². The number of rotatable bonds is 3. The first-order valence-electron chi connectivity index (χ1n) is 4.42. The molecular formula is C10H10BrF2NO2. The van der Waals surface area contributed by atoms with Gasteiger partial charge in [0.25, 0.3) is 0 Å². The largest absolute Gasteiger partial charge is 0.469 e. The maximum Gasteiger partial charge on any atom is 0.307 e. The molecule has 6 heteroatoms. The quantitative estimate of drug-likeness (QED) is 0.687. The van der Waals surface area contributed by atoms with E-state index in [0.717, 1.165) is 6.07 Å². The number of carbonyl (C=O) groups excluding carboxylic acids is 1. The van der Waals surface area contributed by atoms with Crippen molar-refractivity contribution in [1.29, 1.82) is 0 Å². The molecule has 0 aliphatic rings. The molecule has 1 unspecified atom stereocenters. The van der Waals surface area contributed by atoms with E-state index in [1.165, 1.54) is 13.2 Å². The zero-order chi connectivity index (χ0) is 12.3. The van der Waals surface area contributed by atoms with Crippen LogP contribution >= 0.6 is 15.9 Å². The molecule has 2 N–H and O–H groups in total. The van der Waals surface area contributed by atoms with Crippen LogP contribution in [0.4, 0.5) is 8.78 Å². The molecule has 0 aliphatic heterocycles. The second kappa shape index (κ2) is 5.36. The number of nitrogens with two attached hydrogens (primary N) is 1. The Morgan fingerprint density at radius 2 is 2.19 bits per heavy atom. The van der Waals surface area contributed by atoms with Crippen LogP contribution in [0, 0.1) is 11.6 Å². The van der Waals surface area contributed by atoms with Crippen molar-refractivity contribution < 1.29 is 18.3 Å². The maximum atomic E-state index is 13.0. The van der Waals surface area contributed by atoms with Gasteiger partial charge >= 0.3 is 5.97 Å². The van der Waals surface area contributed by atoms with Gasteiger partial charge in [-0.3, -0.25) is 4.79 Å².